The molecule has 0 unspecified atom stereocenters. The van der Waals surface area contributed by atoms with Crippen LogP contribution in [0.25, 0.3) is 0 Å². The number of sulfonamides is 1. The predicted molar refractivity (Wildman–Crippen MR) is 86.9 cm³/mol. The number of rotatable bonds is 9. The van der Waals surface area contributed by atoms with Gasteiger partial charge in [-0.2, -0.15) is 0 Å². The van der Waals surface area contributed by atoms with Gasteiger partial charge in [-0.3, -0.25) is 14.4 Å². The van der Waals surface area contributed by atoms with E-state index in [0.717, 1.165) is 12.3 Å². The van der Waals surface area contributed by atoms with Gasteiger partial charge in [-0.05, 0) is 12.5 Å². The molecule has 0 atom stereocenters. The van der Waals surface area contributed by atoms with Gasteiger partial charge in [0.2, 0.25) is 10.0 Å². The van der Waals surface area contributed by atoms with Crippen LogP contribution in [0, 0.1) is 0 Å². The van der Waals surface area contributed by atoms with E-state index in [1.807, 2.05) is 11.6 Å². The van der Waals surface area contributed by atoms with Crippen LogP contribution in [0.3, 0.4) is 0 Å². The van der Waals surface area contributed by atoms with Crippen molar-refractivity contribution in [3.8, 4) is 5.75 Å². The Hall–Kier alpha value is -2.69. The second kappa shape index (κ2) is 8.97. The Bertz CT molecular complexity index is 762. The van der Waals surface area contributed by atoms with Crippen LogP contribution in [-0.2, 0) is 14.8 Å². The van der Waals surface area contributed by atoms with Crippen LogP contribution in [0.15, 0.2) is 12.3 Å². The number of hydrogen-bond donors (Lipinski definition) is 3. The van der Waals surface area contributed by atoms with Crippen molar-refractivity contribution in [1.29, 1.82) is 0 Å². The molecule has 2 amide bonds. The molecule has 0 saturated heterocycles. The van der Waals surface area contributed by atoms with E-state index in [2.05, 4.69) is 10.3 Å². The molecule has 1 aromatic rings. The van der Waals surface area contributed by atoms with Crippen molar-refractivity contribution in [2.45, 2.75) is 19.8 Å². The first kappa shape index (κ1) is 20.4. The van der Waals surface area contributed by atoms with Gasteiger partial charge in [-0.25, -0.2) is 18.1 Å². The molecule has 138 valence electrons. The highest BCUT2D eigenvalue weighted by atomic mass is 32.2. The lowest BCUT2D eigenvalue weighted by Gasteiger charge is -2.10. The fourth-order valence-electron chi connectivity index (χ4n) is 1.72. The monoisotopic (exact) mass is 373 g/mol. The van der Waals surface area contributed by atoms with Gasteiger partial charge >= 0.3 is 5.97 Å². The van der Waals surface area contributed by atoms with Gasteiger partial charge in [-0.1, -0.05) is 13.3 Å². The lowest BCUT2D eigenvalue weighted by atomic mass is 10.2. The quantitative estimate of drug-likeness (QED) is 0.536. The Morgan fingerprint density at radius 1 is 1.28 bits per heavy atom. The fourth-order valence-corrected chi connectivity index (χ4v) is 2.89. The Balaban J connectivity index is 2.95. The minimum Gasteiger partial charge on any atom is -0.494 e. The van der Waals surface area contributed by atoms with Crippen molar-refractivity contribution in [2.75, 3.05) is 19.4 Å². The number of nitrogens with one attached hydrogen (secondary N) is 2. The lowest BCUT2D eigenvalue weighted by molar-refractivity contribution is -0.135. The maximum atomic E-state index is 12.0. The normalized spacial score (nSPS) is 10.8. The zero-order valence-corrected chi connectivity index (χ0v) is 14.6. The Morgan fingerprint density at radius 3 is 2.52 bits per heavy atom. The number of carbonyl (C=O) groups excluding carboxylic acids is 2. The summed E-state index contributed by atoms with van der Waals surface area (Å²) < 4.78 is 30.4. The summed E-state index contributed by atoms with van der Waals surface area (Å²) in [5.41, 5.74) is -0.346. The van der Waals surface area contributed by atoms with Crippen LogP contribution in [0.4, 0.5) is 0 Å². The summed E-state index contributed by atoms with van der Waals surface area (Å²) in [4.78, 5) is 38.1. The summed E-state index contributed by atoms with van der Waals surface area (Å²) in [6, 6.07) is 1.15. The van der Waals surface area contributed by atoms with Crippen LogP contribution >= 0.6 is 0 Å². The van der Waals surface area contributed by atoms with Crippen LogP contribution in [0.5, 0.6) is 5.75 Å². The van der Waals surface area contributed by atoms with Crippen molar-refractivity contribution in [3.63, 3.8) is 0 Å². The number of aromatic nitrogens is 1. The molecule has 25 heavy (non-hydrogen) atoms. The zero-order chi connectivity index (χ0) is 19.0. The number of carbonyl (C=O) groups is 3. The number of methoxy groups -OCH3 is 1. The molecule has 0 spiro atoms. The molecular weight excluding hydrogens is 354 g/mol. The summed E-state index contributed by atoms with van der Waals surface area (Å²) in [5, 5.41) is 10.7. The number of carboxylic acids is 1. The van der Waals surface area contributed by atoms with Gasteiger partial charge in [0.1, 0.15) is 6.54 Å². The van der Waals surface area contributed by atoms with Gasteiger partial charge in [0.15, 0.2) is 11.4 Å². The highest BCUT2D eigenvalue weighted by Crippen LogP contribution is 2.17. The van der Waals surface area contributed by atoms with E-state index in [1.54, 1.807) is 0 Å². The maximum Gasteiger partial charge on any atom is 0.322 e. The third-order valence-corrected chi connectivity index (χ3v) is 4.29. The number of nitrogens with zero attached hydrogens (tertiary/aromatic N) is 1. The predicted octanol–water partition coefficient (Wildman–Crippen LogP) is -0.236. The highest BCUT2D eigenvalue weighted by molar-refractivity contribution is 7.90. The van der Waals surface area contributed by atoms with Gasteiger partial charge in [0.05, 0.1) is 18.4 Å². The van der Waals surface area contributed by atoms with Crippen molar-refractivity contribution < 1.29 is 32.6 Å². The molecule has 1 rings (SSSR count). The van der Waals surface area contributed by atoms with Crippen LogP contribution in [0.2, 0.25) is 0 Å². The first-order valence-corrected chi connectivity index (χ1v) is 8.94. The molecule has 1 aromatic heterocycles. The van der Waals surface area contributed by atoms with E-state index in [-0.39, 0.29) is 22.8 Å². The smallest absolute Gasteiger partial charge is 0.322 e. The molecule has 0 aliphatic carbocycles. The molecular formula is C14H19N3O7S. The summed E-state index contributed by atoms with van der Waals surface area (Å²) in [6.45, 7) is 1.21. The first-order chi connectivity index (χ1) is 11.7. The number of carboxylic acid groups (broad SMARTS) is 1. The van der Waals surface area contributed by atoms with Crippen molar-refractivity contribution >= 4 is 27.8 Å². The van der Waals surface area contributed by atoms with E-state index in [0.29, 0.717) is 12.8 Å². The van der Waals surface area contributed by atoms with E-state index >= 15 is 0 Å². The second-order valence-corrected chi connectivity index (χ2v) is 6.80. The Kier molecular flexibility index (Phi) is 7.30. The molecule has 0 fully saturated rings. The molecule has 0 aliphatic heterocycles. The SMILES string of the molecule is CCCCS(=O)(=O)NC(=O)c1cnc(C(=O)NCC(=O)O)c(OC)c1. The molecule has 0 saturated carbocycles. The van der Waals surface area contributed by atoms with E-state index in [1.165, 1.54) is 7.11 Å². The Labute approximate surface area is 144 Å². The molecule has 0 radical (unpaired) electrons. The third-order valence-electron chi connectivity index (χ3n) is 2.96. The van der Waals surface area contributed by atoms with Crippen LogP contribution < -0.4 is 14.8 Å². The highest BCUT2D eigenvalue weighted by Gasteiger charge is 2.20. The first-order valence-electron chi connectivity index (χ1n) is 7.29. The van der Waals surface area contributed by atoms with Crippen LogP contribution in [0.1, 0.15) is 40.6 Å². The van der Waals surface area contributed by atoms with E-state index < -0.39 is 34.4 Å². The average molecular weight is 373 g/mol. The molecule has 10 nitrogen and oxygen atoms in total. The molecule has 0 aliphatic rings. The largest absolute Gasteiger partial charge is 0.494 e. The summed E-state index contributed by atoms with van der Waals surface area (Å²) in [6.07, 6.45) is 2.07. The zero-order valence-electron chi connectivity index (χ0n) is 13.7. The number of amides is 2. The summed E-state index contributed by atoms with van der Waals surface area (Å²) in [7, 11) is -2.54. The van der Waals surface area contributed by atoms with Crippen molar-refractivity contribution in [1.82, 2.24) is 15.0 Å². The summed E-state index contributed by atoms with van der Waals surface area (Å²) >= 11 is 0. The van der Waals surface area contributed by atoms with Gasteiger partial charge in [0, 0.05) is 6.20 Å². The average Bonchev–Trinajstić information content (AvgIpc) is 2.56. The number of hydrogen-bond acceptors (Lipinski definition) is 7. The minimum absolute atomic E-state index is 0.0958. The lowest BCUT2D eigenvalue weighted by Crippen LogP contribution is -2.33. The maximum absolute atomic E-state index is 12.0. The molecule has 0 aromatic carbocycles. The number of ether oxygens (including phenoxy) is 1. The van der Waals surface area contributed by atoms with Crippen LogP contribution in [-0.4, -0.2) is 55.7 Å². The second-order valence-electron chi connectivity index (χ2n) is 4.95. The fraction of sp³-hybridized carbons (Fsp3) is 0.429. The summed E-state index contributed by atoms with van der Waals surface area (Å²) in [5.74, 6) is -3.22. The molecule has 1 heterocycles. The standard InChI is InChI=1S/C14H19N3O7S/c1-3-4-5-25(22,23)17-13(20)9-6-10(24-2)12(15-7-9)14(21)16-8-11(18)19/h6-7H,3-5,8H2,1-2H3,(H,16,21)(H,17,20)(H,18,19). The molecule has 0 bridgehead atoms. The number of pyridine rings is 1. The van der Waals surface area contributed by atoms with Gasteiger partial charge in [0.25, 0.3) is 11.8 Å². The van der Waals surface area contributed by atoms with Crippen molar-refractivity contribution in [3.05, 3.63) is 23.5 Å². The van der Waals surface area contributed by atoms with Gasteiger partial charge in [-0.15, -0.1) is 0 Å². The van der Waals surface area contributed by atoms with E-state index in [4.69, 9.17) is 9.84 Å². The topological polar surface area (TPSA) is 152 Å². The number of unbranched alkanes of at least 4 members (excludes halogenated alkanes) is 1. The minimum atomic E-state index is -3.77. The molecule has 3 N–H and O–H groups in total. The van der Waals surface area contributed by atoms with Crippen molar-refractivity contribution in [2.24, 2.45) is 0 Å². The number of aliphatic carboxylic acids is 1. The van der Waals surface area contributed by atoms with Gasteiger partial charge < -0.3 is 15.2 Å². The Morgan fingerprint density at radius 2 is 1.96 bits per heavy atom. The third kappa shape index (κ3) is 6.37. The molecule has 11 heteroatoms. The van der Waals surface area contributed by atoms with E-state index in [9.17, 15) is 22.8 Å².